The molecule has 3 aromatic rings. The van der Waals surface area contributed by atoms with Crippen LogP contribution in [0, 0.1) is 0 Å². The Bertz CT molecular complexity index is 1180. The molecule has 1 aliphatic rings. The largest absolute Gasteiger partial charge is 0.444 e. The molecule has 0 aliphatic carbocycles. The minimum atomic E-state index is -0.539. The summed E-state index contributed by atoms with van der Waals surface area (Å²) in [6.45, 7) is 7.35. The summed E-state index contributed by atoms with van der Waals surface area (Å²) < 4.78 is 8.15. The fourth-order valence-corrected chi connectivity index (χ4v) is 4.50. The smallest absolute Gasteiger partial charge is 0.410 e. The van der Waals surface area contributed by atoms with Crippen LogP contribution in [0.15, 0.2) is 46.2 Å². The molecular formula is C23H26BrN5O3S. The Kier molecular flexibility index (Phi) is 6.67. The zero-order valence-electron chi connectivity index (χ0n) is 19.0. The summed E-state index contributed by atoms with van der Waals surface area (Å²) in [5.74, 6) is 0.481. The van der Waals surface area contributed by atoms with Crippen molar-refractivity contribution in [3.05, 3.63) is 46.8 Å². The molecule has 1 saturated heterocycles. The minimum Gasteiger partial charge on any atom is -0.444 e. The van der Waals surface area contributed by atoms with Crippen LogP contribution in [0.3, 0.4) is 0 Å². The van der Waals surface area contributed by atoms with Crippen molar-refractivity contribution in [1.29, 1.82) is 0 Å². The van der Waals surface area contributed by atoms with E-state index in [0.717, 1.165) is 20.3 Å². The third-order valence-corrected chi connectivity index (χ3v) is 6.45. The van der Waals surface area contributed by atoms with Gasteiger partial charge in [-0.25, -0.2) is 14.8 Å². The predicted octanol–water partition coefficient (Wildman–Crippen LogP) is 4.60. The summed E-state index contributed by atoms with van der Waals surface area (Å²) in [6, 6.07) is 5.72. The molecule has 8 nitrogen and oxygen atoms in total. The van der Waals surface area contributed by atoms with Gasteiger partial charge >= 0.3 is 6.09 Å². The van der Waals surface area contributed by atoms with E-state index in [1.165, 1.54) is 0 Å². The van der Waals surface area contributed by atoms with Crippen LogP contribution in [0.1, 0.15) is 31.1 Å². The van der Waals surface area contributed by atoms with Crippen LogP contribution in [0.4, 0.5) is 4.79 Å². The fraction of sp³-hybridized carbons (Fsp3) is 0.391. The zero-order chi connectivity index (χ0) is 23.8. The molecule has 0 unspecified atom stereocenters. The molecule has 3 heterocycles. The molecule has 0 radical (unpaired) electrons. The third-order valence-electron chi connectivity index (χ3n) is 5.28. The summed E-state index contributed by atoms with van der Waals surface area (Å²) in [7, 11) is 0. The maximum absolute atomic E-state index is 13.3. The highest BCUT2D eigenvalue weighted by molar-refractivity contribution is 9.10. The summed E-state index contributed by atoms with van der Waals surface area (Å²) in [6.07, 6.45) is 7.07. The molecule has 0 N–H and O–H groups in total. The van der Waals surface area contributed by atoms with E-state index < -0.39 is 5.60 Å². The van der Waals surface area contributed by atoms with Crippen LogP contribution >= 0.6 is 27.7 Å². The monoisotopic (exact) mass is 531 g/mol. The number of hydrogen-bond donors (Lipinski definition) is 0. The maximum Gasteiger partial charge on any atom is 0.410 e. The van der Waals surface area contributed by atoms with E-state index in [2.05, 4.69) is 25.9 Å². The first-order chi connectivity index (χ1) is 15.7. The number of hydrogen-bond acceptors (Lipinski definition) is 6. The summed E-state index contributed by atoms with van der Waals surface area (Å²) in [4.78, 5) is 38.9. The second kappa shape index (κ2) is 9.34. The average molecular weight is 532 g/mol. The van der Waals surface area contributed by atoms with Crippen LogP contribution < -0.4 is 0 Å². The van der Waals surface area contributed by atoms with Gasteiger partial charge in [0, 0.05) is 60.6 Å². The Morgan fingerprint density at radius 1 is 1.06 bits per heavy atom. The van der Waals surface area contributed by atoms with E-state index >= 15 is 0 Å². The molecule has 10 heteroatoms. The fourth-order valence-electron chi connectivity index (χ4n) is 3.69. The summed E-state index contributed by atoms with van der Waals surface area (Å²) >= 11 is 5.00. The Morgan fingerprint density at radius 3 is 2.30 bits per heavy atom. The first-order valence-electron chi connectivity index (χ1n) is 10.6. The number of thioether (sulfide) groups is 1. The highest BCUT2D eigenvalue weighted by Gasteiger charge is 2.28. The van der Waals surface area contributed by atoms with E-state index in [1.54, 1.807) is 34.0 Å². The molecule has 0 saturated carbocycles. The van der Waals surface area contributed by atoms with Crippen molar-refractivity contribution < 1.29 is 14.3 Å². The Hall–Kier alpha value is -2.59. The van der Waals surface area contributed by atoms with Gasteiger partial charge in [0.1, 0.15) is 5.60 Å². The van der Waals surface area contributed by atoms with Gasteiger partial charge in [0.05, 0.1) is 9.99 Å². The number of carbonyl (C=O) groups is 2. The number of carbonyl (C=O) groups excluding carboxylic acids is 2. The molecule has 0 bridgehead atoms. The van der Waals surface area contributed by atoms with Gasteiger partial charge in [-0.15, -0.1) is 11.8 Å². The van der Waals surface area contributed by atoms with Crippen LogP contribution in [0.25, 0.3) is 16.9 Å². The quantitative estimate of drug-likeness (QED) is 0.459. The molecule has 1 aromatic carbocycles. The number of rotatable bonds is 3. The normalized spacial score (nSPS) is 14.6. The molecule has 1 aliphatic heterocycles. The van der Waals surface area contributed by atoms with Crippen LogP contribution in [-0.4, -0.2) is 74.4 Å². The second-order valence-electron chi connectivity index (χ2n) is 8.76. The van der Waals surface area contributed by atoms with Crippen molar-refractivity contribution in [2.45, 2.75) is 31.3 Å². The number of benzene rings is 1. The lowest BCUT2D eigenvalue weighted by atomic mass is 10.1. The number of halogens is 1. The van der Waals surface area contributed by atoms with Gasteiger partial charge in [-0.3, -0.25) is 9.36 Å². The second-order valence-corrected chi connectivity index (χ2v) is 10.5. The molecule has 174 valence electrons. The maximum atomic E-state index is 13.3. The molecular weight excluding hydrogens is 506 g/mol. The topological polar surface area (TPSA) is 80.6 Å². The van der Waals surface area contributed by atoms with E-state index in [0.29, 0.717) is 37.7 Å². The first-order valence-corrected chi connectivity index (χ1v) is 12.6. The van der Waals surface area contributed by atoms with Crippen LogP contribution in [-0.2, 0) is 4.74 Å². The molecule has 2 aromatic heterocycles. The summed E-state index contributed by atoms with van der Waals surface area (Å²) in [5, 5.41) is 1.04. The standard InChI is InChI=1S/C23H26BrN5O3S/c1-23(2,3)32-22(31)28-9-7-27(8-10-28)20(30)15-5-6-17-18(11-15)29(14-19(17)33-4)21-25-12-16(24)13-26-21/h5-6,11-14H,7-10H2,1-4H3. The number of aromatic nitrogens is 3. The van der Waals surface area contributed by atoms with Crippen molar-refractivity contribution in [1.82, 2.24) is 24.3 Å². The summed E-state index contributed by atoms with van der Waals surface area (Å²) in [5.41, 5.74) is 0.931. The van der Waals surface area contributed by atoms with Gasteiger partial charge in [0.25, 0.3) is 5.91 Å². The highest BCUT2D eigenvalue weighted by atomic mass is 79.9. The van der Waals surface area contributed by atoms with Gasteiger partial charge in [0.15, 0.2) is 0 Å². The van der Waals surface area contributed by atoms with Crippen molar-refractivity contribution in [3.8, 4) is 5.95 Å². The van der Waals surface area contributed by atoms with Crippen molar-refractivity contribution in [2.75, 3.05) is 32.4 Å². The Balaban J connectivity index is 1.55. The SMILES string of the molecule is CSc1cn(-c2ncc(Br)cn2)c2cc(C(=O)N3CCN(C(=O)OC(C)(C)C)CC3)ccc12. The number of piperazine rings is 1. The van der Waals surface area contributed by atoms with Gasteiger partial charge in [-0.2, -0.15) is 0 Å². The van der Waals surface area contributed by atoms with Crippen molar-refractivity contribution in [2.24, 2.45) is 0 Å². The van der Waals surface area contributed by atoms with Gasteiger partial charge in [-0.1, -0.05) is 6.07 Å². The Morgan fingerprint density at radius 2 is 1.70 bits per heavy atom. The molecule has 0 atom stereocenters. The van der Waals surface area contributed by atoms with E-state index in [-0.39, 0.29) is 12.0 Å². The van der Waals surface area contributed by atoms with Crippen LogP contribution in [0.2, 0.25) is 0 Å². The van der Waals surface area contributed by atoms with Gasteiger partial charge < -0.3 is 14.5 Å². The lowest BCUT2D eigenvalue weighted by Crippen LogP contribution is -2.51. The lowest BCUT2D eigenvalue weighted by Gasteiger charge is -2.35. The number of nitrogens with zero attached hydrogens (tertiary/aromatic N) is 5. The zero-order valence-corrected chi connectivity index (χ0v) is 21.4. The average Bonchev–Trinajstić information content (AvgIpc) is 3.16. The predicted molar refractivity (Wildman–Crippen MR) is 132 cm³/mol. The van der Waals surface area contributed by atoms with E-state index in [4.69, 9.17) is 4.74 Å². The lowest BCUT2D eigenvalue weighted by molar-refractivity contribution is 0.0141. The molecule has 2 amide bonds. The van der Waals surface area contributed by atoms with Crippen molar-refractivity contribution >= 4 is 50.6 Å². The van der Waals surface area contributed by atoms with Gasteiger partial charge in [0.2, 0.25) is 5.95 Å². The Labute approximate surface area is 205 Å². The van der Waals surface area contributed by atoms with Crippen molar-refractivity contribution in [3.63, 3.8) is 0 Å². The first kappa shape index (κ1) is 23.6. The highest BCUT2D eigenvalue weighted by Crippen LogP contribution is 2.31. The molecule has 1 fully saturated rings. The van der Waals surface area contributed by atoms with E-state index in [1.807, 2.05) is 56.0 Å². The molecule has 4 rings (SSSR count). The third kappa shape index (κ3) is 5.16. The molecule has 0 spiro atoms. The molecule has 33 heavy (non-hydrogen) atoms. The number of ether oxygens (including phenoxy) is 1. The number of fused-ring (bicyclic) bond motifs is 1. The minimum absolute atomic E-state index is 0.0593. The van der Waals surface area contributed by atoms with E-state index in [9.17, 15) is 9.59 Å². The van der Waals surface area contributed by atoms with Crippen LogP contribution in [0.5, 0.6) is 0 Å². The number of amides is 2. The van der Waals surface area contributed by atoms with Gasteiger partial charge in [-0.05, 0) is 55.1 Å².